The lowest BCUT2D eigenvalue weighted by Gasteiger charge is -2.23. The maximum atomic E-state index is 4.83. The molecule has 25 heavy (non-hydrogen) atoms. The Labute approximate surface area is 172 Å². The molecule has 1 saturated heterocycles. The van der Waals surface area contributed by atoms with Crippen molar-refractivity contribution in [2.45, 2.75) is 57.9 Å². The van der Waals surface area contributed by atoms with Crippen LogP contribution in [0.4, 0.5) is 0 Å². The summed E-state index contributed by atoms with van der Waals surface area (Å²) in [6.07, 6.45) is 9.54. The first-order valence-corrected chi connectivity index (χ1v) is 10.1. The van der Waals surface area contributed by atoms with Crippen LogP contribution in [0.2, 0.25) is 0 Å². The summed E-state index contributed by atoms with van der Waals surface area (Å²) in [5.41, 5.74) is 0. The van der Waals surface area contributed by atoms with E-state index in [-0.39, 0.29) is 24.0 Å². The third-order valence-electron chi connectivity index (χ3n) is 5.25. The van der Waals surface area contributed by atoms with Crippen molar-refractivity contribution in [2.24, 2.45) is 10.9 Å². The zero-order valence-corrected chi connectivity index (χ0v) is 18.9. The number of hydrogen-bond donors (Lipinski definition) is 2. The van der Waals surface area contributed by atoms with Gasteiger partial charge in [0.15, 0.2) is 5.96 Å². The van der Waals surface area contributed by atoms with E-state index in [1.54, 1.807) is 0 Å². The zero-order valence-electron chi connectivity index (χ0n) is 16.6. The minimum Gasteiger partial charge on any atom is -0.357 e. The standard InChI is InChI=1S/C19H39N5.HI/c1-4-20-19(22-16-18(23(2)3)17-10-11-17)21-12-9-15-24-13-7-5-6-8-14-24;/h17-18H,4-16H2,1-3H3,(H2,20,21,22);1H. The lowest BCUT2D eigenvalue weighted by molar-refractivity contribution is 0.271. The van der Waals surface area contributed by atoms with E-state index in [1.165, 1.54) is 64.6 Å². The number of guanidine groups is 1. The van der Waals surface area contributed by atoms with E-state index >= 15 is 0 Å². The van der Waals surface area contributed by atoms with Crippen LogP contribution in [0, 0.1) is 5.92 Å². The van der Waals surface area contributed by atoms with Gasteiger partial charge in [-0.15, -0.1) is 24.0 Å². The number of aliphatic imine (C=N–C) groups is 1. The molecule has 2 rings (SSSR count). The summed E-state index contributed by atoms with van der Waals surface area (Å²) in [7, 11) is 4.36. The van der Waals surface area contributed by atoms with Gasteiger partial charge in [-0.2, -0.15) is 0 Å². The second-order valence-electron chi connectivity index (χ2n) is 7.62. The Hall–Kier alpha value is -0.0800. The molecule has 0 spiro atoms. The minimum absolute atomic E-state index is 0. The van der Waals surface area contributed by atoms with Crippen molar-refractivity contribution in [1.82, 2.24) is 20.4 Å². The molecule has 0 aromatic heterocycles. The highest BCUT2D eigenvalue weighted by atomic mass is 127. The fraction of sp³-hybridized carbons (Fsp3) is 0.947. The summed E-state index contributed by atoms with van der Waals surface area (Å²) in [5, 5.41) is 6.91. The van der Waals surface area contributed by atoms with Gasteiger partial charge in [0.05, 0.1) is 6.54 Å². The minimum atomic E-state index is 0. The van der Waals surface area contributed by atoms with Gasteiger partial charge in [0.2, 0.25) is 0 Å². The number of nitrogens with one attached hydrogen (secondary N) is 2. The average Bonchev–Trinajstić information content (AvgIpc) is 3.38. The molecule has 1 unspecified atom stereocenters. The molecule has 1 aliphatic heterocycles. The molecule has 1 atom stereocenters. The van der Waals surface area contributed by atoms with Crippen LogP contribution < -0.4 is 10.6 Å². The molecule has 0 amide bonds. The molecule has 2 N–H and O–H groups in total. The third-order valence-corrected chi connectivity index (χ3v) is 5.25. The molecule has 2 aliphatic rings. The van der Waals surface area contributed by atoms with Gasteiger partial charge in [0, 0.05) is 19.1 Å². The second kappa shape index (κ2) is 13.1. The maximum absolute atomic E-state index is 4.83. The van der Waals surface area contributed by atoms with Crippen molar-refractivity contribution in [1.29, 1.82) is 0 Å². The monoisotopic (exact) mass is 465 g/mol. The smallest absolute Gasteiger partial charge is 0.191 e. The Bertz CT molecular complexity index is 361. The second-order valence-corrected chi connectivity index (χ2v) is 7.62. The molecule has 1 heterocycles. The lowest BCUT2D eigenvalue weighted by atomic mass is 10.2. The number of nitrogens with zero attached hydrogens (tertiary/aromatic N) is 3. The SMILES string of the molecule is CCNC(=NCC(C1CC1)N(C)C)NCCCN1CCCCCC1.I. The van der Waals surface area contributed by atoms with Crippen LogP contribution in [-0.4, -0.2) is 75.2 Å². The van der Waals surface area contributed by atoms with Crippen LogP contribution >= 0.6 is 24.0 Å². The Morgan fingerprint density at radius 3 is 2.36 bits per heavy atom. The van der Waals surface area contributed by atoms with Gasteiger partial charge in [0.25, 0.3) is 0 Å². The van der Waals surface area contributed by atoms with E-state index in [4.69, 9.17) is 4.99 Å². The predicted octanol–water partition coefficient (Wildman–Crippen LogP) is 2.77. The van der Waals surface area contributed by atoms with Crippen molar-refractivity contribution in [2.75, 3.05) is 53.4 Å². The van der Waals surface area contributed by atoms with E-state index in [1.807, 2.05) is 0 Å². The van der Waals surface area contributed by atoms with E-state index in [9.17, 15) is 0 Å². The summed E-state index contributed by atoms with van der Waals surface area (Å²) in [4.78, 5) is 9.81. The Morgan fingerprint density at radius 2 is 1.80 bits per heavy atom. The largest absolute Gasteiger partial charge is 0.357 e. The molecule has 2 fully saturated rings. The molecule has 0 aromatic rings. The van der Waals surface area contributed by atoms with Crippen molar-refractivity contribution in [3.63, 3.8) is 0 Å². The molecule has 0 bridgehead atoms. The topological polar surface area (TPSA) is 42.9 Å². The van der Waals surface area contributed by atoms with Crippen molar-refractivity contribution in [3.05, 3.63) is 0 Å². The fourth-order valence-corrected chi connectivity index (χ4v) is 3.61. The predicted molar refractivity (Wildman–Crippen MR) is 119 cm³/mol. The molecule has 0 radical (unpaired) electrons. The highest BCUT2D eigenvalue weighted by molar-refractivity contribution is 14.0. The number of likely N-dealkylation sites (N-methyl/N-ethyl adjacent to an activating group) is 1. The van der Waals surface area contributed by atoms with E-state index in [0.717, 1.165) is 31.5 Å². The van der Waals surface area contributed by atoms with Crippen LogP contribution in [0.5, 0.6) is 0 Å². The van der Waals surface area contributed by atoms with Gasteiger partial charge in [-0.1, -0.05) is 12.8 Å². The van der Waals surface area contributed by atoms with Crippen LogP contribution in [0.15, 0.2) is 4.99 Å². The number of hydrogen-bond acceptors (Lipinski definition) is 3. The van der Waals surface area contributed by atoms with Gasteiger partial charge in [-0.05, 0) is 78.7 Å². The Balaban J connectivity index is 0.00000312. The van der Waals surface area contributed by atoms with Gasteiger partial charge < -0.3 is 20.4 Å². The summed E-state index contributed by atoms with van der Waals surface area (Å²) in [6.45, 7) is 8.78. The average molecular weight is 465 g/mol. The van der Waals surface area contributed by atoms with Gasteiger partial charge in [0.1, 0.15) is 0 Å². The highest BCUT2D eigenvalue weighted by Crippen LogP contribution is 2.34. The third kappa shape index (κ3) is 9.43. The summed E-state index contributed by atoms with van der Waals surface area (Å²) >= 11 is 0. The van der Waals surface area contributed by atoms with Crippen molar-refractivity contribution < 1.29 is 0 Å². The summed E-state index contributed by atoms with van der Waals surface area (Å²) < 4.78 is 0. The molecule has 6 heteroatoms. The number of likely N-dealkylation sites (tertiary alicyclic amines) is 1. The van der Waals surface area contributed by atoms with Crippen LogP contribution in [0.1, 0.15) is 51.9 Å². The van der Waals surface area contributed by atoms with Crippen LogP contribution in [-0.2, 0) is 0 Å². The van der Waals surface area contributed by atoms with E-state index in [2.05, 4.69) is 41.5 Å². The van der Waals surface area contributed by atoms with Crippen LogP contribution in [0.25, 0.3) is 0 Å². The summed E-state index contributed by atoms with van der Waals surface area (Å²) in [6, 6.07) is 0.595. The maximum Gasteiger partial charge on any atom is 0.191 e. The highest BCUT2D eigenvalue weighted by Gasteiger charge is 2.32. The normalized spacial score (nSPS) is 20.7. The number of rotatable bonds is 9. The van der Waals surface area contributed by atoms with E-state index < -0.39 is 0 Å². The first-order chi connectivity index (χ1) is 11.7. The van der Waals surface area contributed by atoms with Crippen LogP contribution in [0.3, 0.4) is 0 Å². The molecule has 5 nitrogen and oxygen atoms in total. The quantitative estimate of drug-likeness (QED) is 0.238. The van der Waals surface area contributed by atoms with Gasteiger partial charge in [-0.3, -0.25) is 4.99 Å². The molecule has 0 aromatic carbocycles. The van der Waals surface area contributed by atoms with Crippen molar-refractivity contribution in [3.8, 4) is 0 Å². The van der Waals surface area contributed by atoms with Crippen molar-refractivity contribution >= 4 is 29.9 Å². The first kappa shape index (κ1) is 23.0. The fourth-order valence-electron chi connectivity index (χ4n) is 3.61. The Kier molecular flexibility index (Phi) is 12.1. The van der Waals surface area contributed by atoms with Gasteiger partial charge >= 0.3 is 0 Å². The molecule has 148 valence electrons. The molecule has 1 aliphatic carbocycles. The lowest BCUT2D eigenvalue weighted by Crippen LogP contribution is -2.40. The molecular formula is C19H40IN5. The summed E-state index contributed by atoms with van der Waals surface area (Å²) in [5.74, 6) is 1.84. The molecule has 1 saturated carbocycles. The Morgan fingerprint density at radius 1 is 1.12 bits per heavy atom. The van der Waals surface area contributed by atoms with E-state index in [0.29, 0.717) is 6.04 Å². The first-order valence-electron chi connectivity index (χ1n) is 10.1. The number of halogens is 1. The molecular weight excluding hydrogens is 425 g/mol. The van der Waals surface area contributed by atoms with Gasteiger partial charge in [-0.25, -0.2) is 0 Å². The zero-order chi connectivity index (χ0) is 17.2.